The summed E-state index contributed by atoms with van der Waals surface area (Å²) in [7, 11) is 0. The van der Waals surface area contributed by atoms with Crippen LogP contribution >= 0.6 is 11.8 Å². The van der Waals surface area contributed by atoms with Crippen molar-refractivity contribution in [2.24, 2.45) is 5.73 Å². The van der Waals surface area contributed by atoms with Crippen LogP contribution in [-0.2, 0) is 17.1 Å². The molecule has 0 aliphatic rings. The zero-order valence-corrected chi connectivity index (χ0v) is 14.2. The fraction of sp³-hybridized carbons (Fsp3) is 0.250. The molecule has 0 unspecified atom stereocenters. The first-order chi connectivity index (χ1) is 11.5. The van der Waals surface area contributed by atoms with Gasteiger partial charge in [0.2, 0.25) is 11.8 Å². The highest BCUT2D eigenvalue weighted by Crippen LogP contribution is 2.25. The Morgan fingerprint density at radius 1 is 1.25 bits per heavy atom. The minimum atomic E-state index is -0.433. The lowest BCUT2D eigenvalue weighted by Crippen LogP contribution is -2.20. The van der Waals surface area contributed by atoms with Crippen LogP contribution in [0.3, 0.4) is 0 Å². The van der Waals surface area contributed by atoms with Crippen LogP contribution in [0.15, 0.2) is 40.0 Å². The van der Waals surface area contributed by atoms with E-state index in [1.165, 1.54) is 17.3 Å². The van der Waals surface area contributed by atoms with Crippen LogP contribution in [0.4, 0.5) is 0 Å². The summed E-state index contributed by atoms with van der Waals surface area (Å²) in [6.07, 6.45) is 1.71. The molecule has 8 heteroatoms. The average Bonchev–Trinajstić information content (AvgIpc) is 3.14. The quantitative estimate of drug-likeness (QED) is 0.690. The highest BCUT2D eigenvalue weighted by Gasteiger charge is 2.13. The van der Waals surface area contributed by atoms with Gasteiger partial charge in [0.05, 0.1) is 11.9 Å². The van der Waals surface area contributed by atoms with Crippen molar-refractivity contribution < 1.29 is 9.21 Å². The van der Waals surface area contributed by atoms with Gasteiger partial charge >= 0.3 is 0 Å². The van der Waals surface area contributed by atoms with E-state index in [-0.39, 0.29) is 6.54 Å². The number of carbonyl (C=O) groups excluding carboxylic acids is 1. The first-order valence-electron chi connectivity index (χ1n) is 7.35. The van der Waals surface area contributed by atoms with E-state index in [4.69, 9.17) is 10.2 Å². The number of aromatic nitrogens is 4. The van der Waals surface area contributed by atoms with Gasteiger partial charge in [-0.15, -0.1) is 10.2 Å². The molecule has 3 aromatic rings. The molecular formula is C16H17N5O2S. The number of benzene rings is 1. The van der Waals surface area contributed by atoms with Crippen molar-refractivity contribution in [2.45, 2.75) is 31.3 Å². The molecule has 0 fully saturated rings. The van der Waals surface area contributed by atoms with Crippen molar-refractivity contribution in [1.29, 1.82) is 0 Å². The highest BCUT2D eigenvalue weighted by atomic mass is 32.2. The number of aryl methyl sites for hydroxylation is 2. The second-order valence-electron chi connectivity index (χ2n) is 5.36. The van der Waals surface area contributed by atoms with Gasteiger partial charge in [-0.1, -0.05) is 41.6 Å². The van der Waals surface area contributed by atoms with Gasteiger partial charge in [-0.25, -0.2) is 4.98 Å². The predicted octanol–water partition coefficient (Wildman–Crippen LogP) is 2.33. The first-order valence-corrected chi connectivity index (χ1v) is 8.34. The van der Waals surface area contributed by atoms with Crippen LogP contribution in [-0.4, -0.2) is 25.7 Å². The fourth-order valence-electron chi connectivity index (χ4n) is 2.16. The van der Waals surface area contributed by atoms with Gasteiger partial charge in [0.15, 0.2) is 10.9 Å². The Morgan fingerprint density at radius 3 is 2.71 bits per heavy atom. The zero-order chi connectivity index (χ0) is 17.1. The predicted molar refractivity (Wildman–Crippen MR) is 90.2 cm³/mol. The summed E-state index contributed by atoms with van der Waals surface area (Å²) >= 11 is 1.40. The van der Waals surface area contributed by atoms with Gasteiger partial charge in [0, 0.05) is 5.56 Å². The molecule has 0 saturated heterocycles. The Hall–Kier alpha value is -2.61. The number of amides is 1. The van der Waals surface area contributed by atoms with E-state index < -0.39 is 5.91 Å². The average molecular weight is 343 g/mol. The Morgan fingerprint density at radius 2 is 2.00 bits per heavy atom. The molecule has 0 radical (unpaired) electrons. The SMILES string of the molecule is Cc1ccc(-c2cnc(CSc3nnc(C)n3CC(N)=O)o2)cc1. The molecule has 0 spiro atoms. The number of rotatable bonds is 6. The first kappa shape index (κ1) is 16.3. The maximum atomic E-state index is 11.1. The van der Waals surface area contributed by atoms with Crippen LogP contribution in [0, 0.1) is 13.8 Å². The third-order valence-electron chi connectivity index (χ3n) is 3.43. The molecule has 7 nitrogen and oxygen atoms in total. The van der Waals surface area contributed by atoms with Gasteiger partial charge < -0.3 is 10.2 Å². The summed E-state index contributed by atoms with van der Waals surface area (Å²) in [6.45, 7) is 3.87. The summed E-state index contributed by atoms with van der Waals surface area (Å²) in [6, 6.07) is 8.06. The molecule has 0 bridgehead atoms. The van der Waals surface area contributed by atoms with E-state index in [0.29, 0.717) is 22.6 Å². The van der Waals surface area contributed by atoms with E-state index in [1.54, 1.807) is 17.7 Å². The van der Waals surface area contributed by atoms with Crippen LogP contribution in [0.5, 0.6) is 0 Å². The summed E-state index contributed by atoms with van der Waals surface area (Å²) in [4.78, 5) is 15.4. The Labute approximate surface area is 143 Å². The molecule has 124 valence electrons. The van der Waals surface area contributed by atoms with E-state index in [1.807, 2.05) is 31.2 Å². The molecule has 1 amide bonds. The smallest absolute Gasteiger partial charge is 0.237 e. The standard InChI is InChI=1S/C16H17N5O2S/c1-10-3-5-12(6-4-10)13-7-18-15(23-13)9-24-16-20-19-11(2)21(16)8-14(17)22/h3-7H,8-9H2,1-2H3,(H2,17,22). The van der Waals surface area contributed by atoms with Crippen molar-refractivity contribution in [2.75, 3.05) is 0 Å². The number of nitrogens with zero attached hydrogens (tertiary/aromatic N) is 4. The topological polar surface area (TPSA) is 99.8 Å². The monoisotopic (exact) mass is 343 g/mol. The minimum absolute atomic E-state index is 0.0569. The van der Waals surface area contributed by atoms with Gasteiger partial charge in [0.25, 0.3) is 0 Å². The van der Waals surface area contributed by atoms with Crippen LogP contribution in [0.2, 0.25) is 0 Å². The second kappa shape index (κ2) is 6.88. The molecule has 0 atom stereocenters. The minimum Gasteiger partial charge on any atom is -0.440 e. The molecule has 24 heavy (non-hydrogen) atoms. The third kappa shape index (κ3) is 3.65. The summed E-state index contributed by atoms with van der Waals surface area (Å²) in [5.41, 5.74) is 7.43. The molecule has 1 aromatic carbocycles. The van der Waals surface area contributed by atoms with Crippen molar-refractivity contribution in [3.8, 4) is 11.3 Å². The Bertz CT molecular complexity index is 854. The maximum Gasteiger partial charge on any atom is 0.237 e. The van der Waals surface area contributed by atoms with E-state index in [9.17, 15) is 4.79 Å². The molecule has 3 rings (SSSR count). The maximum absolute atomic E-state index is 11.1. The van der Waals surface area contributed by atoms with Crippen molar-refractivity contribution in [3.63, 3.8) is 0 Å². The van der Waals surface area contributed by atoms with Crippen LogP contribution in [0.1, 0.15) is 17.3 Å². The van der Waals surface area contributed by atoms with Crippen molar-refractivity contribution in [3.05, 3.63) is 47.7 Å². The molecular weight excluding hydrogens is 326 g/mol. The lowest BCUT2D eigenvalue weighted by Gasteiger charge is -2.04. The highest BCUT2D eigenvalue weighted by molar-refractivity contribution is 7.98. The summed E-state index contributed by atoms with van der Waals surface area (Å²) in [5, 5.41) is 8.65. The van der Waals surface area contributed by atoms with Crippen molar-refractivity contribution >= 4 is 17.7 Å². The van der Waals surface area contributed by atoms with Crippen LogP contribution < -0.4 is 5.73 Å². The molecule has 0 saturated carbocycles. The Balaban J connectivity index is 1.70. The summed E-state index contributed by atoms with van der Waals surface area (Å²) in [5.74, 6) is 2.01. The lowest BCUT2D eigenvalue weighted by molar-refractivity contribution is -0.118. The van der Waals surface area contributed by atoms with E-state index in [0.717, 1.165) is 11.3 Å². The van der Waals surface area contributed by atoms with Crippen LogP contribution in [0.25, 0.3) is 11.3 Å². The number of hydrogen-bond acceptors (Lipinski definition) is 6. The number of thioether (sulfide) groups is 1. The van der Waals surface area contributed by atoms with Crippen molar-refractivity contribution in [1.82, 2.24) is 19.7 Å². The van der Waals surface area contributed by atoms with Gasteiger partial charge in [0.1, 0.15) is 12.4 Å². The lowest BCUT2D eigenvalue weighted by atomic mass is 10.1. The molecule has 0 aliphatic carbocycles. The van der Waals surface area contributed by atoms with Gasteiger partial charge in [-0.2, -0.15) is 0 Å². The number of nitrogens with two attached hydrogens (primary N) is 1. The number of carbonyl (C=O) groups is 1. The summed E-state index contributed by atoms with van der Waals surface area (Å²) < 4.78 is 7.46. The van der Waals surface area contributed by atoms with Gasteiger partial charge in [-0.05, 0) is 13.8 Å². The van der Waals surface area contributed by atoms with Gasteiger partial charge in [-0.3, -0.25) is 9.36 Å². The third-order valence-corrected chi connectivity index (χ3v) is 4.38. The number of primary amides is 1. The molecule has 2 aromatic heterocycles. The Kier molecular flexibility index (Phi) is 4.66. The normalized spacial score (nSPS) is 10.9. The molecule has 2 N–H and O–H groups in total. The largest absolute Gasteiger partial charge is 0.440 e. The fourth-order valence-corrected chi connectivity index (χ4v) is 3.00. The number of oxazole rings is 1. The van der Waals surface area contributed by atoms with E-state index in [2.05, 4.69) is 15.2 Å². The molecule has 2 heterocycles. The van der Waals surface area contributed by atoms with E-state index >= 15 is 0 Å². The molecule has 0 aliphatic heterocycles. The number of hydrogen-bond donors (Lipinski definition) is 1. The second-order valence-corrected chi connectivity index (χ2v) is 6.30. The zero-order valence-electron chi connectivity index (χ0n) is 13.4.